The van der Waals surface area contributed by atoms with Crippen molar-refractivity contribution in [2.45, 2.75) is 25.9 Å². The number of rotatable bonds is 4. The van der Waals surface area contributed by atoms with Gasteiger partial charge in [0.1, 0.15) is 0 Å². The van der Waals surface area contributed by atoms with Gasteiger partial charge >= 0.3 is 11.9 Å². The highest BCUT2D eigenvalue weighted by Crippen LogP contribution is 2.29. The molecular weight excluding hydrogens is 334 g/mol. The number of hydrogen-bond donors (Lipinski definition) is 1. The second-order valence-corrected chi connectivity index (χ2v) is 6.21. The van der Waals surface area contributed by atoms with Gasteiger partial charge in [-0.1, -0.05) is 18.2 Å². The summed E-state index contributed by atoms with van der Waals surface area (Å²) in [6.45, 7) is 3.61. The average Bonchev–Trinajstić information content (AvgIpc) is 2.62. The second kappa shape index (κ2) is 7.00. The molecule has 0 saturated heterocycles. The van der Waals surface area contributed by atoms with Crippen molar-refractivity contribution in [2.75, 3.05) is 11.9 Å². The van der Waals surface area contributed by atoms with Gasteiger partial charge in [0.25, 0.3) is 5.91 Å². The first-order valence-corrected chi connectivity index (χ1v) is 8.33. The maximum Gasteiger partial charge on any atom is 0.339 e. The van der Waals surface area contributed by atoms with Crippen LogP contribution in [0.1, 0.15) is 40.1 Å². The lowest BCUT2D eigenvalue weighted by Gasteiger charge is -2.33. The van der Waals surface area contributed by atoms with Gasteiger partial charge in [-0.2, -0.15) is 0 Å². The van der Waals surface area contributed by atoms with E-state index in [2.05, 4.69) is 5.32 Å². The van der Waals surface area contributed by atoms with Crippen LogP contribution in [0.5, 0.6) is 0 Å². The maximum atomic E-state index is 12.7. The van der Waals surface area contributed by atoms with Crippen molar-refractivity contribution in [1.29, 1.82) is 0 Å². The van der Waals surface area contributed by atoms with Gasteiger partial charge < -0.3 is 14.8 Å². The highest BCUT2D eigenvalue weighted by molar-refractivity contribution is 6.02. The normalized spacial score (nSPS) is 18.5. The summed E-state index contributed by atoms with van der Waals surface area (Å²) in [5.74, 6) is -1.36. The van der Waals surface area contributed by atoms with E-state index in [-0.39, 0.29) is 0 Å². The van der Waals surface area contributed by atoms with E-state index in [1.165, 1.54) is 0 Å². The molecule has 1 amide bonds. The number of esters is 2. The molecular formula is C20H19NO5. The number of carbonyl (C=O) groups is 3. The molecule has 1 N–H and O–H groups in total. The first-order chi connectivity index (χ1) is 12.4. The van der Waals surface area contributed by atoms with Gasteiger partial charge in [-0.15, -0.1) is 0 Å². The van der Waals surface area contributed by atoms with E-state index in [0.29, 0.717) is 29.8 Å². The van der Waals surface area contributed by atoms with Gasteiger partial charge in [-0.3, -0.25) is 4.79 Å². The number of amides is 1. The molecule has 0 aliphatic carbocycles. The molecule has 1 heterocycles. The molecule has 134 valence electrons. The van der Waals surface area contributed by atoms with E-state index >= 15 is 0 Å². The lowest BCUT2D eigenvalue weighted by atomic mass is 9.89. The third-order valence-electron chi connectivity index (χ3n) is 4.22. The molecule has 0 spiro atoms. The summed E-state index contributed by atoms with van der Waals surface area (Å²) in [4.78, 5) is 36.5. The van der Waals surface area contributed by atoms with E-state index in [9.17, 15) is 14.4 Å². The van der Waals surface area contributed by atoms with Crippen LogP contribution < -0.4 is 5.32 Å². The SMILES string of the molecule is CCOC(=O)c1ccc(NC(=O)[C@@]2(C)Cc3ccccc3C(=O)O2)cc1. The molecule has 0 radical (unpaired) electrons. The summed E-state index contributed by atoms with van der Waals surface area (Å²) in [6, 6.07) is 13.4. The second-order valence-electron chi connectivity index (χ2n) is 6.21. The highest BCUT2D eigenvalue weighted by atomic mass is 16.6. The number of cyclic esters (lactones) is 1. The number of ether oxygens (including phenoxy) is 2. The predicted octanol–water partition coefficient (Wildman–Crippen LogP) is 2.97. The van der Waals surface area contributed by atoms with Crippen molar-refractivity contribution < 1.29 is 23.9 Å². The van der Waals surface area contributed by atoms with Crippen molar-refractivity contribution in [3.63, 3.8) is 0 Å². The zero-order valence-electron chi connectivity index (χ0n) is 14.6. The first-order valence-electron chi connectivity index (χ1n) is 8.33. The Bertz CT molecular complexity index is 859. The van der Waals surface area contributed by atoms with Crippen LogP contribution in [-0.4, -0.2) is 30.1 Å². The Kier molecular flexibility index (Phi) is 4.75. The van der Waals surface area contributed by atoms with Crippen LogP contribution in [0.3, 0.4) is 0 Å². The van der Waals surface area contributed by atoms with Crippen molar-refractivity contribution in [3.8, 4) is 0 Å². The molecule has 6 nitrogen and oxygen atoms in total. The van der Waals surface area contributed by atoms with Gasteiger partial charge in [-0.25, -0.2) is 9.59 Å². The average molecular weight is 353 g/mol. The highest BCUT2D eigenvalue weighted by Gasteiger charge is 2.42. The van der Waals surface area contributed by atoms with Crippen LogP contribution in [0.4, 0.5) is 5.69 Å². The number of carbonyl (C=O) groups excluding carboxylic acids is 3. The quantitative estimate of drug-likeness (QED) is 0.855. The number of nitrogens with one attached hydrogen (secondary N) is 1. The Morgan fingerprint density at radius 2 is 1.85 bits per heavy atom. The maximum absolute atomic E-state index is 12.7. The Labute approximate surface area is 151 Å². The Hall–Kier alpha value is -3.15. The fourth-order valence-corrected chi connectivity index (χ4v) is 2.83. The first kappa shape index (κ1) is 17.7. The number of anilines is 1. The van der Waals surface area contributed by atoms with Crippen LogP contribution in [0, 0.1) is 0 Å². The molecule has 26 heavy (non-hydrogen) atoms. The molecule has 2 aromatic carbocycles. The van der Waals surface area contributed by atoms with E-state index in [0.717, 1.165) is 5.56 Å². The van der Waals surface area contributed by atoms with Crippen molar-refractivity contribution >= 4 is 23.5 Å². The molecule has 3 rings (SSSR count). The van der Waals surface area contributed by atoms with Crippen LogP contribution in [0.25, 0.3) is 0 Å². The van der Waals surface area contributed by atoms with Crippen molar-refractivity contribution in [3.05, 3.63) is 65.2 Å². The minimum Gasteiger partial charge on any atom is -0.462 e. The molecule has 0 unspecified atom stereocenters. The monoisotopic (exact) mass is 353 g/mol. The van der Waals surface area contributed by atoms with Crippen LogP contribution in [-0.2, 0) is 20.7 Å². The summed E-state index contributed by atoms with van der Waals surface area (Å²) in [7, 11) is 0. The number of fused-ring (bicyclic) bond motifs is 1. The molecule has 1 aliphatic rings. The van der Waals surface area contributed by atoms with E-state index in [4.69, 9.17) is 9.47 Å². The molecule has 0 fully saturated rings. The van der Waals surface area contributed by atoms with Gasteiger partial charge in [0.05, 0.1) is 17.7 Å². The van der Waals surface area contributed by atoms with Crippen molar-refractivity contribution in [2.24, 2.45) is 0 Å². The molecule has 0 bridgehead atoms. The summed E-state index contributed by atoms with van der Waals surface area (Å²) in [5.41, 5.74) is 0.856. The lowest BCUT2D eigenvalue weighted by Crippen LogP contribution is -2.48. The summed E-state index contributed by atoms with van der Waals surface area (Å²) in [6.07, 6.45) is 0.293. The molecule has 0 saturated carbocycles. The topological polar surface area (TPSA) is 81.7 Å². The largest absolute Gasteiger partial charge is 0.462 e. The lowest BCUT2D eigenvalue weighted by molar-refractivity contribution is -0.134. The van der Waals surface area contributed by atoms with E-state index in [1.807, 2.05) is 12.1 Å². The van der Waals surface area contributed by atoms with E-state index < -0.39 is 23.4 Å². The number of benzene rings is 2. The molecule has 0 aromatic heterocycles. The van der Waals surface area contributed by atoms with Crippen LogP contribution in [0.15, 0.2) is 48.5 Å². The van der Waals surface area contributed by atoms with Gasteiger partial charge in [-0.05, 0) is 49.7 Å². The number of hydrogen-bond acceptors (Lipinski definition) is 5. The Balaban J connectivity index is 1.74. The molecule has 1 atom stereocenters. The Morgan fingerprint density at radius 1 is 1.15 bits per heavy atom. The third-order valence-corrected chi connectivity index (χ3v) is 4.22. The third kappa shape index (κ3) is 3.44. The van der Waals surface area contributed by atoms with Crippen LogP contribution in [0.2, 0.25) is 0 Å². The zero-order chi connectivity index (χ0) is 18.7. The zero-order valence-corrected chi connectivity index (χ0v) is 14.6. The van der Waals surface area contributed by atoms with Crippen LogP contribution >= 0.6 is 0 Å². The smallest absolute Gasteiger partial charge is 0.339 e. The fraction of sp³-hybridized carbons (Fsp3) is 0.250. The predicted molar refractivity (Wildman–Crippen MR) is 95.0 cm³/mol. The molecule has 6 heteroatoms. The van der Waals surface area contributed by atoms with Gasteiger partial charge in [0, 0.05) is 12.1 Å². The summed E-state index contributed by atoms with van der Waals surface area (Å²) in [5, 5.41) is 2.73. The molecule has 2 aromatic rings. The minimum atomic E-state index is -1.30. The van der Waals surface area contributed by atoms with Gasteiger partial charge in [0.15, 0.2) is 5.60 Å². The summed E-state index contributed by atoms with van der Waals surface area (Å²) < 4.78 is 10.3. The molecule has 1 aliphatic heterocycles. The van der Waals surface area contributed by atoms with E-state index in [1.54, 1.807) is 50.2 Å². The van der Waals surface area contributed by atoms with Gasteiger partial charge in [0.2, 0.25) is 0 Å². The Morgan fingerprint density at radius 3 is 2.54 bits per heavy atom. The van der Waals surface area contributed by atoms with Crippen molar-refractivity contribution in [1.82, 2.24) is 0 Å². The standard InChI is InChI=1S/C20H19NO5/c1-3-25-17(22)13-8-10-15(11-9-13)21-19(24)20(2)12-14-6-4-5-7-16(14)18(23)26-20/h4-11H,3,12H2,1-2H3,(H,21,24)/t20-/m1/s1. The summed E-state index contributed by atoms with van der Waals surface area (Å²) >= 11 is 0. The minimum absolute atomic E-state index is 0.293. The fourth-order valence-electron chi connectivity index (χ4n) is 2.83.